The molecule has 4 aliphatic rings. The van der Waals surface area contributed by atoms with Gasteiger partial charge in [-0.2, -0.15) is 5.10 Å². The largest absolute Gasteiger partial charge is 0.462 e. The third-order valence-electron chi connectivity index (χ3n) is 6.24. The van der Waals surface area contributed by atoms with Crippen molar-refractivity contribution in [1.82, 2.24) is 10.3 Å². The van der Waals surface area contributed by atoms with Gasteiger partial charge in [0.2, 0.25) is 11.7 Å². The van der Waals surface area contributed by atoms with E-state index in [1.807, 2.05) is 12.1 Å². The van der Waals surface area contributed by atoms with E-state index in [0.717, 1.165) is 54.6 Å². The molecule has 1 amide bonds. The molecule has 0 aromatic heterocycles. The number of carbonyl (C=O) groups is 1. The summed E-state index contributed by atoms with van der Waals surface area (Å²) in [5.41, 5.74) is 5.58. The summed E-state index contributed by atoms with van der Waals surface area (Å²) in [4.78, 5) is 13.9. The number of hydrogen-bond donors (Lipinski definition) is 1. The lowest BCUT2D eigenvalue weighted by Gasteiger charge is -2.47. The van der Waals surface area contributed by atoms with E-state index in [0.29, 0.717) is 19.4 Å². The number of nitrogens with one attached hydrogen (secondary N) is 1. The van der Waals surface area contributed by atoms with E-state index >= 15 is 0 Å². The Kier molecular flexibility index (Phi) is 3.98. The monoisotopic (exact) mass is 355 g/mol. The lowest BCUT2D eigenvalue weighted by Crippen LogP contribution is -2.54. The molecular formula is C20H25N3O3. The molecule has 2 fully saturated rings. The second-order valence-electron chi connectivity index (χ2n) is 7.84. The van der Waals surface area contributed by atoms with Crippen LogP contribution in [-0.4, -0.2) is 41.4 Å². The number of ether oxygens (including phenoxy) is 2. The average molecular weight is 355 g/mol. The molecule has 1 aromatic carbocycles. The first kappa shape index (κ1) is 16.3. The molecule has 6 heteroatoms. The van der Waals surface area contributed by atoms with Gasteiger partial charge in [0.25, 0.3) is 0 Å². The van der Waals surface area contributed by atoms with E-state index in [1.165, 1.54) is 19.3 Å². The molecule has 0 bridgehead atoms. The molecule has 26 heavy (non-hydrogen) atoms. The lowest BCUT2D eigenvalue weighted by atomic mass is 9.89. The molecule has 5 rings (SSSR count). The average Bonchev–Trinajstić information content (AvgIpc) is 2.63. The first-order valence-corrected chi connectivity index (χ1v) is 9.77. The van der Waals surface area contributed by atoms with Gasteiger partial charge in [-0.1, -0.05) is 6.42 Å². The molecule has 1 aromatic rings. The highest BCUT2D eigenvalue weighted by molar-refractivity contribution is 6.04. The maximum Gasteiger partial charge on any atom is 0.240 e. The van der Waals surface area contributed by atoms with Crippen molar-refractivity contribution in [2.24, 2.45) is 5.10 Å². The Balaban J connectivity index is 1.29. The second kappa shape index (κ2) is 6.35. The SMILES string of the molecule is O=C1CCC(c2ccc3c(c2)COC2(CCN(C4CCC4)CC2)O3)=NN1. The van der Waals surface area contributed by atoms with Gasteiger partial charge < -0.3 is 9.47 Å². The van der Waals surface area contributed by atoms with Gasteiger partial charge in [-0.3, -0.25) is 9.69 Å². The second-order valence-corrected chi connectivity index (χ2v) is 7.84. The third kappa shape index (κ3) is 2.91. The Labute approximate surface area is 153 Å². The van der Waals surface area contributed by atoms with Crippen LogP contribution in [-0.2, 0) is 16.1 Å². The summed E-state index contributed by atoms with van der Waals surface area (Å²) >= 11 is 0. The third-order valence-corrected chi connectivity index (χ3v) is 6.24. The fourth-order valence-corrected chi connectivity index (χ4v) is 4.32. The molecular weight excluding hydrogens is 330 g/mol. The van der Waals surface area contributed by atoms with Crippen LogP contribution in [0.5, 0.6) is 5.75 Å². The van der Waals surface area contributed by atoms with Crippen LogP contribution in [0.15, 0.2) is 23.3 Å². The highest BCUT2D eigenvalue weighted by Gasteiger charge is 2.42. The number of likely N-dealkylation sites (tertiary alicyclic amines) is 1. The standard InChI is InChI=1S/C20H25N3O3/c24-19-7-5-17(21-22-19)14-4-6-18-15(12-14)13-25-20(26-18)8-10-23(11-9-20)16-2-1-3-16/h4,6,12,16H,1-3,5,7-11,13H2,(H,22,24). The molecule has 1 saturated heterocycles. The van der Waals surface area contributed by atoms with Gasteiger partial charge in [-0.05, 0) is 36.6 Å². The maximum absolute atomic E-state index is 11.3. The van der Waals surface area contributed by atoms with Gasteiger partial charge in [-0.25, -0.2) is 5.43 Å². The number of carbonyl (C=O) groups excluding carboxylic acids is 1. The lowest BCUT2D eigenvalue weighted by molar-refractivity contribution is -0.231. The topological polar surface area (TPSA) is 63.2 Å². The van der Waals surface area contributed by atoms with Crippen molar-refractivity contribution in [2.75, 3.05) is 13.1 Å². The molecule has 1 aliphatic carbocycles. The normalized spacial score (nSPS) is 25.7. The van der Waals surface area contributed by atoms with Gasteiger partial charge in [-0.15, -0.1) is 0 Å². The van der Waals surface area contributed by atoms with Crippen LogP contribution in [0.2, 0.25) is 0 Å². The minimum Gasteiger partial charge on any atom is -0.462 e. The number of hydrogen-bond acceptors (Lipinski definition) is 5. The number of amides is 1. The van der Waals surface area contributed by atoms with Crippen molar-refractivity contribution in [1.29, 1.82) is 0 Å². The van der Waals surface area contributed by atoms with E-state index in [2.05, 4.69) is 21.5 Å². The minimum absolute atomic E-state index is 0.0199. The van der Waals surface area contributed by atoms with E-state index in [1.54, 1.807) is 0 Å². The van der Waals surface area contributed by atoms with Crippen molar-refractivity contribution in [3.8, 4) is 5.75 Å². The van der Waals surface area contributed by atoms with E-state index in [-0.39, 0.29) is 5.91 Å². The maximum atomic E-state index is 11.3. The van der Waals surface area contributed by atoms with Crippen LogP contribution in [0.4, 0.5) is 0 Å². The smallest absolute Gasteiger partial charge is 0.240 e. The van der Waals surface area contributed by atoms with Crippen molar-refractivity contribution in [3.63, 3.8) is 0 Å². The summed E-state index contributed by atoms with van der Waals surface area (Å²) in [6.07, 6.45) is 7.11. The Bertz CT molecular complexity index is 749. The first-order valence-electron chi connectivity index (χ1n) is 9.77. The summed E-state index contributed by atoms with van der Waals surface area (Å²) in [5, 5.41) is 4.18. The summed E-state index contributed by atoms with van der Waals surface area (Å²) < 4.78 is 12.6. The molecule has 1 saturated carbocycles. The van der Waals surface area contributed by atoms with Gasteiger partial charge in [0.1, 0.15) is 5.75 Å². The summed E-state index contributed by atoms with van der Waals surface area (Å²) in [5.74, 6) is 0.455. The number of nitrogens with zero attached hydrogens (tertiary/aromatic N) is 2. The summed E-state index contributed by atoms with van der Waals surface area (Å²) in [6.45, 7) is 2.70. The Hall–Kier alpha value is -1.92. The number of hydrazone groups is 1. The van der Waals surface area contributed by atoms with Crippen LogP contribution >= 0.6 is 0 Å². The molecule has 0 radical (unpaired) electrons. The predicted octanol–water partition coefficient (Wildman–Crippen LogP) is 2.55. The molecule has 138 valence electrons. The van der Waals surface area contributed by atoms with E-state index in [4.69, 9.17) is 9.47 Å². The van der Waals surface area contributed by atoms with Crippen molar-refractivity contribution < 1.29 is 14.3 Å². The zero-order valence-corrected chi connectivity index (χ0v) is 15.0. The van der Waals surface area contributed by atoms with Gasteiger partial charge in [0.05, 0.1) is 12.3 Å². The quantitative estimate of drug-likeness (QED) is 0.886. The number of rotatable bonds is 2. The zero-order valence-electron chi connectivity index (χ0n) is 15.0. The van der Waals surface area contributed by atoms with Crippen molar-refractivity contribution in [3.05, 3.63) is 29.3 Å². The highest BCUT2D eigenvalue weighted by atomic mass is 16.7. The van der Waals surface area contributed by atoms with Gasteiger partial charge >= 0.3 is 0 Å². The van der Waals surface area contributed by atoms with Crippen molar-refractivity contribution in [2.45, 2.75) is 63.4 Å². The van der Waals surface area contributed by atoms with Gasteiger partial charge in [0.15, 0.2) is 0 Å². The molecule has 3 heterocycles. The fourth-order valence-electron chi connectivity index (χ4n) is 4.32. The predicted molar refractivity (Wildman–Crippen MR) is 96.9 cm³/mol. The Morgan fingerprint density at radius 2 is 2.04 bits per heavy atom. The molecule has 1 spiro atoms. The van der Waals surface area contributed by atoms with Crippen LogP contribution < -0.4 is 10.2 Å². The van der Waals surface area contributed by atoms with E-state index in [9.17, 15) is 4.79 Å². The Morgan fingerprint density at radius 3 is 2.73 bits per heavy atom. The molecule has 1 N–H and O–H groups in total. The Morgan fingerprint density at radius 1 is 1.19 bits per heavy atom. The van der Waals surface area contributed by atoms with Crippen molar-refractivity contribution >= 4 is 11.6 Å². The molecule has 0 atom stereocenters. The van der Waals surface area contributed by atoms with E-state index < -0.39 is 5.79 Å². The first-order chi connectivity index (χ1) is 12.7. The van der Waals surface area contributed by atoms with Crippen LogP contribution in [0.25, 0.3) is 0 Å². The van der Waals surface area contributed by atoms with Crippen LogP contribution in [0, 0.1) is 0 Å². The fraction of sp³-hybridized carbons (Fsp3) is 0.600. The van der Waals surface area contributed by atoms with Crippen LogP contribution in [0.3, 0.4) is 0 Å². The summed E-state index contributed by atoms with van der Waals surface area (Å²) in [6, 6.07) is 6.95. The highest BCUT2D eigenvalue weighted by Crippen LogP contribution is 2.39. The molecule has 0 unspecified atom stereocenters. The molecule has 3 aliphatic heterocycles. The minimum atomic E-state index is -0.453. The number of fused-ring (bicyclic) bond motifs is 1. The zero-order chi connectivity index (χ0) is 17.6. The molecule has 6 nitrogen and oxygen atoms in total. The summed E-state index contributed by atoms with van der Waals surface area (Å²) in [7, 11) is 0. The number of benzene rings is 1. The van der Waals surface area contributed by atoms with Crippen LogP contribution in [0.1, 0.15) is 56.1 Å². The number of piperidine rings is 1. The van der Waals surface area contributed by atoms with Gasteiger partial charge in [0, 0.05) is 50.4 Å².